The molecule has 0 radical (unpaired) electrons. The third-order valence-electron chi connectivity index (χ3n) is 2.41. The molecule has 0 aromatic carbocycles. The Kier molecular flexibility index (Phi) is 4.70. The van der Waals surface area contributed by atoms with E-state index in [0.29, 0.717) is 17.4 Å². The SMILES string of the molecule is CCNc1ncnc(NCc2ccc(Cl)s2)c1[N+](=O)[O-]. The molecule has 0 saturated carbocycles. The molecule has 7 nitrogen and oxygen atoms in total. The molecule has 0 amide bonds. The second-order valence-electron chi connectivity index (χ2n) is 3.77. The maximum Gasteiger partial charge on any atom is 0.353 e. The average molecular weight is 314 g/mol. The van der Waals surface area contributed by atoms with E-state index in [2.05, 4.69) is 20.6 Å². The number of thiophene rings is 1. The summed E-state index contributed by atoms with van der Waals surface area (Å²) in [6.07, 6.45) is 1.29. The van der Waals surface area contributed by atoms with E-state index >= 15 is 0 Å². The molecular formula is C11H12ClN5O2S. The third kappa shape index (κ3) is 3.34. The average Bonchev–Trinajstić information content (AvgIpc) is 2.82. The van der Waals surface area contributed by atoms with Crippen LogP contribution in [0.15, 0.2) is 18.5 Å². The summed E-state index contributed by atoms with van der Waals surface area (Å²) in [5.41, 5.74) is -0.156. The zero-order valence-electron chi connectivity index (χ0n) is 10.6. The molecule has 0 aliphatic heterocycles. The van der Waals surface area contributed by atoms with Crippen LogP contribution in [0, 0.1) is 10.1 Å². The molecule has 2 aromatic rings. The maximum atomic E-state index is 11.2. The summed E-state index contributed by atoms with van der Waals surface area (Å²) in [5, 5.41) is 17.0. The molecule has 0 saturated heterocycles. The highest BCUT2D eigenvalue weighted by Gasteiger charge is 2.22. The molecule has 0 aliphatic carbocycles. The Labute approximate surface area is 124 Å². The van der Waals surface area contributed by atoms with Crippen molar-refractivity contribution in [1.29, 1.82) is 0 Å². The van der Waals surface area contributed by atoms with Gasteiger partial charge < -0.3 is 10.6 Å². The minimum atomic E-state index is -0.498. The molecule has 0 aliphatic rings. The summed E-state index contributed by atoms with van der Waals surface area (Å²) in [7, 11) is 0. The van der Waals surface area contributed by atoms with E-state index < -0.39 is 4.92 Å². The first-order valence-corrected chi connectivity index (χ1v) is 7.02. The highest BCUT2D eigenvalue weighted by atomic mass is 35.5. The van der Waals surface area contributed by atoms with E-state index in [-0.39, 0.29) is 17.3 Å². The van der Waals surface area contributed by atoms with Gasteiger partial charge in [0.25, 0.3) is 0 Å². The Morgan fingerprint density at radius 1 is 1.35 bits per heavy atom. The second kappa shape index (κ2) is 6.49. The zero-order chi connectivity index (χ0) is 14.5. The van der Waals surface area contributed by atoms with Gasteiger partial charge in [0.1, 0.15) is 6.33 Å². The van der Waals surface area contributed by atoms with Gasteiger partial charge in [-0.3, -0.25) is 10.1 Å². The molecule has 106 valence electrons. The van der Waals surface area contributed by atoms with Crippen LogP contribution >= 0.6 is 22.9 Å². The number of halogens is 1. The van der Waals surface area contributed by atoms with Gasteiger partial charge in [0.2, 0.25) is 11.6 Å². The van der Waals surface area contributed by atoms with Gasteiger partial charge in [-0.2, -0.15) is 0 Å². The number of nitro groups is 1. The van der Waals surface area contributed by atoms with Crippen LogP contribution in [-0.4, -0.2) is 21.4 Å². The lowest BCUT2D eigenvalue weighted by atomic mass is 10.4. The first-order valence-electron chi connectivity index (χ1n) is 5.83. The van der Waals surface area contributed by atoms with Crippen molar-refractivity contribution in [3.8, 4) is 0 Å². The van der Waals surface area contributed by atoms with Crippen LogP contribution in [0.3, 0.4) is 0 Å². The van der Waals surface area contributed by atoms with E-state index in [0.717, 1.165) is 4.88 Å². The van der Waals surface area contributed by atoms with Gasteiger partial charge in [0.15, 0.2) is 0 Å². The lowest BCUT2D eigenvalue weighted by molar-refractivity contribution is -0.383. The number of nitrogens with zero attached hydrogens (tertiary/aromatic N) is 3. The van der Waals surface area contributed by atoms with Crippen LogP contribution in [0.25, 0.3) is 0 Å². The number of hydrogen-bond acceptors (Lipinski definition) is 7. The van der Waals surface area contributed by atoms with Crippen molar-refractivity contribution >= 4 is 40.3 Å². The standard InChI is InChI=1S/C11H12ClN5O2S/c1-2-13-10-9(17(18)19)11(16-6-15-10)14-5-7-3-4-8(12)20-7/h3-4,6H,2,5H2,1H3,(H2,13,14,15,16). The van der Waals surface area contributed by atoms with Crippen LogP contribution in [0.2, 0.25) is 4.34 Å². The monoisotopic (exact) mass is 313 g/mol. The largest absolute Gasteiger partial charge is 0.364 e. The van der Waals surface area contributed by atoms with Crippen molar-refractivity contribution in [3.63, 3.8) is 0 Å². The summed E-state index contributed by atoms with van der Waals surface area (Å²) in [6.45, 7) is 2.80. The molecular weight excluding hydrogens is 302 g/mol. The molecule has 2 heterocycles. The van der Waals surface area contributed by atoms with E-state index in [1.54, 1.807) is 6.07 Å². The minimum absolute atomic E-state index is 0.156. The third-order valence-corrected chi connectivity index (χ3v) is 3.64. The van der Waals surface area contributed by atoms with Crippen LogP contribution in [0.4, 0.5) is 17.3 Å². The molecule has 9 heteroatoms. The highest BCUT2D eigenvalue weighted by molar-refractivity contribution is 7.16. The van der Waals surface area contributed by atoms with Crippen molar-refractivity contribution in [1.82, 2.24) is 9.97 Å². The Bertz CT molecular complexity index is 619. The fraction of sp³-hybridized carbons (Fsp3) is 0.273. The Balaban J connectivity index is 2.22. The van der Waals surface area contributed by atoms with Crippen LogP contribution in [-0.2, 0) is 6.54 Å². The van der Waals surface area contributed by atoms with Crippen LogP contribution in [0.1, 0.15) is 11.8 Å². The molecule has 20 heavy (non-hydrogen) atoms. The molecule has 2 aromatic heterocycles. The first kappa shape index (κ1) is 14.5. The minimum Gasteiger partial charge on any atom is -0.364 e. The van der Waals surface area contributed by atoms with Gasteiger partial charge >= 0.3 is 5.69 Å². The summed E-state index contributed by atoms with van der Waals surface area (Å²) >= 11 is 7.25. The van der Waals surface area contributed by atoms with Crippen molar-refractivity contribution in [3.05, 3.63) is 37.8 Å². The summed E-state index contributed by atoms with van der Waals surface area (Å²) in [6, 6.07) is 3.64. The van der Waals surface area contributed by atoms with Gasteiger partial charge in [-0.25, -0.2) is 9.97 Å². The molecule has 2 rings (SSSR count). The van der Waals surface area contributed by atoms with E-state index in [1.165, 1.54) is 17.7 Å². The fourth-order valence-electron chi connectivity index (χ4n) is 1.60. The van der Waals surface area contributed by atoms with Crippen molar-refractivity contribution in [2.75, 3.05) is 17.2 Å². The molecule has 0 spiro atoms. The van der Waals surface area contributed by atoms with E-state index in [1.807, 2.05) is 13.0 Å². The number of anilines is 2. The summed E-state index contributed by atoms with van der Waals surface area (Å²) in [4.78, 5) is 19.4. The Morgan fingerprint density at radius 3 is 2.60 bits per heavy atom. The van der Waals surface area contributed by atoms with Gasteiger partial charge in [-0.15, -0.1) is 11.3 Å². The van der Waals surface area contributed by atoms with Crippen LogP contribution < -0.4 is 10.6 Å². The normalized spacial score (nSPS) is 10.3. The number of hydrogen-bond donors (Lipinski definition) is 2. The van der Waals surface area contributed by atoms with E-state index in [4.69, 9.17) is 11.6 Å². The lowest BCUT2D eigenvalue weighted by Crippen LogP contribution is -2.09. The zero-order valence-corrected chi connectivity index (χ0v) is 12.2. The quantitative estimate of drug-likeness (QED) is 0.628. The lowest BCUT2D eigenvalue weighted by Gasteiger charge is -2.08. The topological polar surface area (TPSA) is 93.0 Å². The first-order chi connectivity index (χ1) is 9.61. The Hall–Kier alpha value is -1.93. The molecule has 2 N–H and O–H groups in total. The van der Waals surface area contributed by atoms with Gasteiger partial charge in [0.05, 0.1) is 15.8 Å². The van der Waals surface area contributed by atoms with Crippen molar-refractivity contribution in [2.24, 2.45) is 0 Å². The summed E-state index contributed by atoms with van der Waals surface area (Å²) in [5.74, 6) is 0.393. The predicted molar refractivity (Wildman–Crippen MR) is 79.5 cm³/mol. The number of aromatic nitrogens is 2. The fourth-order valence-corrected chi connectivity index (χ4v) is 2.62. The predicted octanol–water partition coefficient (Wildman–Crippen LogP) is 3.14. The molecule has 0 unspecified atom stereocenters. The molecule has 0 atom stereocenters. The number of nitrogens with one attached hydrogen (secondary N) is 2. The maximum absolute atomic E-state index is 11.2. The molecule has 0 bridgehead atoms. The number of rotatable bonds is 6. The second-order valence-corrected chi connectivity index (χ2v) is 5.57. The smallest absolute Gasteiger partial charge is 0.353 e. The van der Waals surface area contributed by atoms with Crippen molar-refractivity contribution < 1.29 is 4.92 Å². The van der Waals surface area contributed by atoms with E-state index in [9.17, 15) is 10.1 Å². The van der Waals surface area contributed by atoms with Crippen molar-refractivity contribution in [2.45, 2.75) is 13.5 Å². The highest BCUT2D eigenvalue weighted by Crippen LogP contribution is 2.29. The van der Waals surface area contributed by atoms with Gasteiger partial charge in [0, 0.05) is 11.4 Å². The summed E-state index contributed by atoms with van der Waals surface area (Å²) < 4.78 is 0.673. The van der Waals surface area contributed by atoms with Crippen LogP contribution in [0.5, 0.6) is 0 Å². The van der Waals surface area contributed by atoms with Gasteiger partial charge in [-0.1, -0.05) is 11.6 Å². The molecule has 0 fully saturated rings. The Morgan fingerprint density at radius 2 is 2.05 bits per heavy atom. The van der Waals surface area contributed by atoms with Gasteiger partial charge in [-0.05, 0) is 19.1 Å².